The first-order valence-electron chi connectivity index (χ1n) is 13.8. The normalized spacial score (nSPS) is 16.9. The summed E-state index contributed by atoms with van der Waals surface area (Å²) >= 11 is 3.63. The van der Waals surface area contributed by atoms with Crippen LogP contribution in [-0.2, 0) is 17.8 Å². The molecule has 200 valence electrons. The average molecular weight is 594 g/mol. The van der Waals surface area contributed by atoms with Crippen LogP contribution in [0.15, 0.2) is 89.8 Å². The molecule has 7 rings (SSSR count). The molecule has 3 aromatic heterocycles. The third kappa shape index (κ3) is 4.56. The number of halogens is 1. The minimum Gasteiger partial charge on any atom is -0.366 e. The Morgan fingerprint density at radius 1 is 1.00 bits per heavy atom. The highest BCUT2D eigenvalue weighted by Crippen LogP contribution is 2.39. The van der Waals surface area contributed by atoms with E-state index >= 15 is 0 Å². The van der Waals surface area contributed by atoms with Crippen molar-refractivity contribution < 1.29 is 4.79 Å². The summed E-state index contributed by atoms with van der Waals surface area (Å²) in [5.74, 6) is 0.924. The van der Waals surface area contributed by atoms with Crippen molar-refractivity contribution in [3.05, 3.63) is 123 Å². The monoisotopic (exact) mass is 592 g/mol. The average Bonchev–Trinajstić information content (AvgIpc) is 3.39. The van der Waals surface area contributed by atoms with Gasteiger partial charge in [-0.1, -0.05) is 54.6 Å². The van der Waals surface area contributed by atoms with Crippen LogP contribution < -0.4 is 5.32 Å². The predicted octanol–water partition coefficient (Wildman–Crippen LogP) is 5.94. The Labute approximate surface area is 241 Å². The molecule has 1 amide bonds. The topological polar surface area (TPSA) is 75.4 Å². The number of aromatic nitrogens is 4. The minimum atomic E-state index is -0.268. The maximum absolute atomic E-state index is 14.3. The van der Waals surface area contributed by atoms with Crippen LogP contribution in [0.4, 0.5) is 5.82 Å². The minimum absolute atomic E-state index is 0.137. The molecule has 2 aromatic carbocycles. The largest absolute Gasteiger partial charge is 0.366 e. The van der Waals surface area contributed by atoms with Gasteiger partial charge in [-0.2, -0.15) is 9.61 Å². The lowest BCUT2D eigenvalue weighted by molar-refractivity contribution is -0.133. The number of hydrogen-bond donors (Lipinski definition) is 1. The standard InChI is InChI=1S/C32H29BrN6O/c33-27-19-36-39-29(35-18-21-7-5-13-34-17-21)16-28(37-31(27)39)24-10-6-14-38(20-24)32(40)30-25-11-3-1-8-22(25)15-23-9-2-4-12-26(23)30/h1-5,7-9,11-13,16-17,19,24,30,35H,6,10,14-15,18,20H2. The molecule has 1 saturated heterocycles. The predicted molar refractivity (Wildman–Crippen MR) is 158 cm³/mol. The van der Waals surface area contributed by atoms with Crippen molar-refractivity contribution in [2.24, 2.45) is 0 Å². The fourth-order valence-corrected chi connectivity index (χ4v) is 6.53. The van der Waals surface area contributed by atoms with Gasteiger partial charge in [0, 0.05) is 44.0 Å². The molecule has 0 bridgehead atoms. The highest BCUT2D eigenvalue weighted by molar-refractivity contribution is 9.10. The van der Waals surface area contributed by atoms with Gasteiger partial charge in [0.05, 0.1) is 22.3 Å². The lowest BCUT2D eigenvalue weighted by Gasteiger charge is -2.37. The molecular formula is C32H29BrN6O. The van der Waals surface area contributed by atoms with E-state index in [-0.39, 0.29) is 17.7 Å². The van der Waals surface area contributed by atoms with E-state index in [9.17, 15) is 4.79 Å². The van der Waals surface area contributed by atoms with Crippen LogP contribution in [0.5, 0.6) is 0 Å². The molecule has 0 spiro atoms. The van der Waals surface area contributed by atoms with Crippen molar-refractivity contribution in [1.29, 1.82) is 0 Å². The molecule has 1 fully saturated rings. The van der Waals surface area contributed by atoms with E-state index < -0.39 is 0 Å². The number of rotatable bonds is 5. The number of amides is 1. The Hall–Kier alpha value is -4.04. The van der Waals surface area contributed by atoms with E-state index in [1.807, 2.05) is 22.8 Å². The van der Waals surface area contributed by atoms with Crippen LogP contribution in [0.3, 0.4) is 0 Å². The maximum atomic E-state index is 14.3. The first kappa shape index (κ1) is 25.0. The number of nitrogens with one attached hydrogen (secondary N) is 1. The van der Waals surface area contributed by atoms with E-state index in [2.05, 4.69) is 90.8 Å². The summed E-state index contributed by atoms with van der Waals surface area (Å²) in [6, 6.07) is 22.9. The van der Waals surface area contributed by atoms with Crippen LogP contribution in [0.25, 0.3) is 5.65 Å². The molecule has 1 aliphatic heterocycles. The SMILES string of the molecule is O=C(C1c2ccccc2Cc2ccccc21)N1CCCC(c2cc(NCc3cccnc3)n3ncc(Br)c3n2)C1. The van der Waals surface area contributed by atoms with Crippen molar-refractivity contribution in [2.75, 3.05) is 18.4 Å². The van der Waals surface area contributed by atoms with Crippen molar-refractivity contribution in [1.82, 2.24) is 24.5 Å². The Balaban J connectivity index is 1.19. The number of pyridine rings is 1. The Bertz CT molecular complexity index is 1660. The van der Waals surface area contributed by atoms with Gasteiger partial charge in [-0.15, -0.1) is 0 Å². The quantitative estimate of drug-likeness (QED) is 0.273. The van der Waals surface area contributed by atoms with Crippen molar-refractivity contribution >= 4 is 33.3 Å². The van der Waals surface area contributed by atoms with E-state index in [1.165, 1.54) is 11.1 Å². The number of fused-ring (bicyclic) bond motifs is 3. The van der Waals surface area contributed by atoms with Crippen LogP contribution >= 0.6 is 15.9 Å². The van der Waals surface area contributed by atoms with Crippen molar-refractivity contribution in [3.8, 4) is 0 Å². The third-order valence-electron chi connectivity index (χ3n) is 8.16. The second kappa shape index (κ2) is 10.5. The molecule has 2 aliphatic rings. The summed E-state index contributed by atoms with van der Waals surface area (Å²) < 4.78 is 2.67. The van der Waals surface area contributed by atoms with Gasteiger partial charge in [0.2, 0.25) is 5.91 Å². The number of carbonyl (C=O) groups excluding carboxylic acids is 1. The highest BCUT2D eigenvalue weighted by Gasteiger charge is 2.36. The van der Waals surface area contributed by atoms with E-state index in [1.54, 1.807) is 12.4 Å². The molecule has 0 saturated carbocycles. The number of carbonyl (C=O) groups is 1. The molecule has 5 aromatic rings. The first-order valence-corrected chi connectivity index (χ1v) is 14.6. The molecule has 8 heteroatoms. The number of hydrogen-bond acceptors (Lipinski definition) is 5. The fraction of sp³-hybridized carbons (Fsp3) is 0.250. The molecule has 4 heterocycles. The summed E-state index contributed by atoms with van der Waals surface area (Å²) in [4.78, 5) is 25.6. The van der Waals surface area contributed by atoms with Gasteiger partial charge in [-0.05, 0) is 69.1 Å². The van der Waals surface area contributed by atoms with Crippen molar-refractivity contribution in [2.45, 2.75) is 37.6 Å². The van der Waals surface area contributed by atoms with Gasteiger partial charge in [0.15, 0.2) is 5.65 Å². The second-order valence-electron chi connectivity index (χ2n) is 10.6. The Morgan fingerprint density at radius 2 is 1.77 bits per heavy atom. The van der Waals surface area contributed by atoms with E-state index in [4.69, 9.17) is 4.98 Å². The molecule has 1 aliphatic carbocycles. The number of piperidine rings is 1. The van der Waals surface area contributed by atoms with Crippen LogP contribution in [0.1, 0.15) is 58.2 Å². The van der Waals surface area contributed by atoms with Gasteiger partial charge in [-0.25, -0.2) is 4.98 Å². The smallest absolute Gasteiger partial charge is 0.234 e. The zero-order valence-electron chi connectivity index (χ0n) is 22.0. The van der Waals surface area contributed by atoms with E-state index in [0.717, 1.165) is 64.1 Å². The first-order chi connectivity index (χ1) is 19.7. The van der Waals surface area contributed by atoms with Crippen LogP contribution in [0.2, 0.25) is 0 Å². The summed E-state index contributed by atoms with van der Waals surface area (Å²) in [7, 11) is 0. The van der Waals surface area contributed by atoms with Crippen LogP contribution in [0, 0.1) is 0 Å². The number of nitrogens with zero attached hydrogens (tertiary/aromatic N) is 5. The van der Waals surface area contributed by atoms with E-state index in [0.29, 0.717) is 13.1 Å². The fourth-order valence-electron chi connectivity index (χ4n) is 6.18. The lowest BCUT2D eigenvalue weighted by Crippen LogP contribution is -2.43. The molecule has 0 radical (unpaired) electrons. The number of likely N-dealkylation sites (tertiary alicyclic amines) is 1. The summed E-state index contributed by atoms with van der Waals surface area (Å²) in [5.41, 5.74) is 7.60. The van der Waals surface area contributed by atoms with Gasteiger partial charge in [0.1, 0.15) is 5.82 Å². The molecular weight excluding hydrogens is 564 g/mol. The summed E-state index contributed by atoms with van der Waals surface area (Å²) in [6.45, 7) is 2.04. The van der Waals surface area contributed by atoms with Crippen molar-refractivity contribution in [3.63, 3.8) is 0 Å². The van der Waals surface area contributed by atoms with Crippen LogP contribution in [-0.4, -0.2) is 43.5 Å². The van der Waals surface area contributed by atoms with Gasteiger partial charge >= 0.3 is 0 Å². The molecule has 1 atom stereocenters. The third-order valence-corrected chi connectivity index (χ3v) is 8.72. The lowest BCUT2D eigenvalue weighted by atomic mass is 9.77. The maximum Gasteiger partial charge on any atom is 0.234 e. The molecule has 1 N–H and O–H groups in total. The Kier molecular flexibility index (Phi) is 6.55. The highest BCUT2D eigenvalue weighted by atomic mass is 79.9. The molecule has 40 heavy (non-hydrogen) atoms. The number of benzene rings is 2. The van der Waals surface area contributed by atoms with Gasteiger partial charge in [-0.3, -0.25) is 9.78 Å². The summed E-state index contributed by atoms with van der Waals surface area (Å²) in [6.07, 6.45) is 8.21. The second-order valence-corrected chi connectivity index (χ2v) is 11.5. The molecule has 7 nitrogen and oxygen atoms in total. The van der Waals surface area contributed by atoms with Gasteiger partial charge < -0.3 is 10.2 Å². The van der Waals surface area contributed by atoms with Gasteiger partial charge in [0.25, 0.3) is 0 Å². The molecule has 1 unspecified atom stereocenters. The number of anilines is 1. The zero-order valence-corrected chi connectivity index (χ0v) is 23.6. The summed E-state index contributed by atoms with van der Waals surface area (Å²) in [5, 5.41) is 8.05. The zero-order chi connectivity index (χ0) is 27.1. The Morgan fingerprint density at radius 3 is 2.52 bits per heavy atom.